The van der Waals surface area contributed by atoms with Crippen molar-refractivity contribution < 1.29 is 9.53 Å². The van der Waals surface area contributed by atoms with Gasteiger partial charge < -0.3 is 4.74 Å². The smallest absolute Gasteiger partial charge is 0.305 e. The van der Waals surface area contributed by atoms with E-state index in [4.69, 9.17) is 5.26 Å². The number of pyridine rings is 1. The van der Waals surface area contributed by atoms with E-state index in [9.17, 15) is 4.79 Å². The average Bonchev–Trinajstić information content (AvgIpc) is 2.35. The zero-order chi connectivity index (χ0) is 12.8. The predicted octanol–water partition coefficient (Wildman–Crippen LogP) is 1.93. The first-order chi connectivity index (χ1) is 8.12. The highest BCUT2D eigenvalue weighted by Gasteiger charge is 2.10. The van der Waals surface area contributed by atoms with Crippen molar-refractivity contribution in [3.8, 4) is 6.07 Å². The SMILES string of the molecule is CCc1cc(C#N)c(C)nc1CCC(=O)OC. The molecule has 0 aliphatic heterocycles. The van der Waals surface area contributed by atoms with E-state index >= 15 is 0 Å². The summed E-state index contributed by atoms with van der Waals surface area (Å²) in [6, 6.07) is 3.98. The molecule has 0 radical (unpaired) electrons. The van der Waals surface area contributed by atoms with Crippen LogP contribution in [0.5, 0.6) is 0 Å². The topological polar surface area (TPSA) is 63.0 Å². The quantitative estimate of drug-likeness (QED) is 0.744. The predicted molar refractivity (Wildman–Crippen MR) is 63.4 cm³/mol. The third-order valence-corrected chi connectivity index (χ3v) is 2.68. The summed E-state index contributed by atoms with van der Waals surface area (Å²) in [7, 11) is 1.38. The monoisotopic (exact) mass is 232 g/mol. The number of nitrogens with zero attached hydrogens (tertiary/aromatic N) is 2. The number of nitriles is 1. The number of rotatable bonds is 4. The Hall–Kier alpha value is -1.89. The number of carbonyl (C=O) groups excluding carboxylic acids is 1. The van der Waals surface area contributed by atoms with E-state index in [1.54, 1.807) is 6.92 Å². The first kappa shape index (κ1) is 13.2. The Morgan fingerprint density at radius 3 is 2.82 bits per heavy atom. The van der Waals surface area contributed by atoms with Gasteiger partial charge in [-0.1, -0.05) is 6.92 Å². The minimum Gasteiger partial charge on any atom is -0.469 e. The fourth-order valence-electron chi connectivity index (χ4n) is 1.65. The lowest BCUT2D eigenvalue weighted by Gasteiger charge is -2.08. The van der Waals surface area contributed by atoms with Gasteiger partial charge in [-0.3, -0.25) is 9.78 Å². The summed E-state index contributed by atoms with van der Waals surface area (Å²) in [6.07, 6.45) is 1.68. The first-order valence-corrected chi connectivity index (χ1v) is 5.58. The highest BCUT2D eigenvalue weighted by Crippen LogP contribution is 2.15. The van der Waals surface area contributed by atoms with Crippen LogP contribution in [0.25, 0.3) is 0 Å². The van der Waals surface area contributed by atoms with Crippen LogP contribution in [-0.2, 0) is 22.4 Å². The molecule has 1 aromatic rings. The van der Waals surface area contributed by atoms with Crippen LogP contribution in [-0.4, -0.2) is 18.1 Å². The first-order valence-electron chi connectivity index (χ1n) is 5.58. The van der Waals surface area contributed by atoms with Crippen molar-refractivity contribution in [2.45, 2.75) is 33.1 Å². The molecule has 1 heterocycles. The van der Waals surface area contributed by atoms with Crippen LogP contribution in [0.15, 0.2) is 6.07 Å². The second-order valence-corrected chi connectivity index (χ2v) is 3.77. The third kappa shape index (κ3) is 3.28. The molecule has 17 heavy (non-hydrogen) atoms. The molecule has 0 unspecified atom stereocenters. The molecule has 0 aromatic carbocycles. The van der Waals surface area contributed by atoms with Crippen molar-refractivity contribution in [3.63, 3.8) is 0 Å². The molecule has 0 spiro atoms. The lowest BCUT2D eigenvalue weighted by Crippen LogP contribution is -2.07. The summed E-state index contributed by atoms with van der Waals surface area (Å²) in [5, 5.41) is 8.92. The second-order valence-electron chi connectivity index (χ2n) is 3.77. The van der Waals surface area contributed by atoms with E-state index in [0.29, 0.717) is 24.1 Å². The molecular formula is C13H16N2O2. The number of esters is 1. The molecule has 0 aliphatic carbocycles. The zero-order valence-corrected chi connectivity index (χ0v) is 10.4. The fraction of sp³-hybridized carbons (Fsp3) is 0.462. The van der Waals surface area contributed by atoms with E-state index in [1.807, 2.05) is 13.0 Å². The molecule has 0 saturated heterocycles. The van der Waals surface area contributed by atoms with E-state index < -0.39 is 0 Å². The average molecular weight is 232 g/mol. The molecule has 1 rings (SSSR count). The third-order valence-electron chi connectivity index (χ3n) is 2.68. The molecule has 0 amide bonds. The molecule has 0 N–H and O–H groups in total. The van der Waals surface area contributed by atoms with Gasteiger partial charge in [0.25, 0.3) is 0 Å². The lowest BCUT2D eigenvalue weighted by molar-refractivity contribution is -0.140. The molecule has 0 atom stereocenters. The van der Waals surface area contributed by atoms with Crippen molar-refractivity contribution in [2.75, 3.05) is 7.11 Å². The Morgan fingerprint density at radius 2 is 2.29 bits per heavy atom. The summed E-state index contributed by atoms with van der Waals surface area (Å²) in [4.78, 5) is 15.5. The molecular weight excluding hydrogens is 216 g/mol. The van der Waals surface area contributed by atoms with Crippen molar-refractivity contribution >= 4 is 5.97 Å². The maximum atomic E-state index is 11.1. The van der Waals surface area contributed by atoms with Crippen LogP contribution >= 0.6 is 0 Å². The standard InChI is InChI=1S/C13H16N2O2/c1-4-10-7-11(8-14)9(2)15-12(10)5-6-13(16)17-3/h7H,4-6H2,1-3H3. The summed E-state index contributed by atoms with van der Waals surface area (Å²) in [5.41, 5.74) is 3.22. The number of carbonyl (C=O) groups is 1. The molecule has 4 heteroatoms. The van der Waals surface area contributed by atoms with Crippen LogP contribution in [0.2, 0.25) is 0 Å². The normalized spacial score (nSPS) is 9.76. The largest absolute Gasteiger partial charge is 0.469 e. The van der Waals surface area contributed by atoms with E-state index in [1.165, 1.54) is 7.11 Å². The van der Waals surface area contributed by atoms with Gasteiger partial charge in [0.2, 0.25) is 0 Å². The van der Waals surface area contributed by atoms with Gasteiger partial charge in [0.1, 0.15) is 6.07 Å². The molecule has 0 fully saturated rings. The number of aromatic nitrogens is 1. The Morgan fingerprint density at radius 1 is 1.59 bits per heavy atom. The maximum Gasteiger partial charge on any atom is 0.305 e. The van der Waals surface area contributed by atoms with E-state index in [-0.39, 0.29) is 5.97 Å². The van der Waals surface area contributed by atoms with E-state index in [2.05, 4.69) is 15.8 Å². The van der Waals surface area contributed by atoms with Crippen molar-refractivity contribution in [1.29, 1.82) is 5.26 Å². The van der Waals surface area contributed by atoms with E-state index in [0.717, 1.165) is 17.7 Å². The van der Waals surface area contributed by atoms with Crippen molar-refractivity contribution in [3.05, 3.63) is 28.6 Å². The molecule has 0 aliphatic rings. The number of hydrogen-bond donors (Lipinski definition) is 0. The van der Waals surface area contributed by atoms with Crippen molar-refractivity contribution in [1.82, 2.24) is 4.98 Å². The second kappa shape index (κ2) is 6.00. The molecule has 0 bridgehead atoms. The van der Waals surface area contributed by atoms with Crippen molar-refractivity contribution in [2.24, 2.45) is 0 Å². The maximum absolute atomic E-state index is 11.1. The van der Waals surface area contributed by atoms with Gasteiger partial charge >= 0.3 is 5.97 Å². The van der Waals surface area contributed by atoms with Crippen LogP contribution < -0.4 is 0 Å². The Kier molecular flexibility index (Phi) is 4.65. The zero-order valence-electron chi connectivity index (χ0n) is 10.4. The Bertz CT molecular complexity index is 461. The summed E-state index contributed by atoms with van der Waals surface area (Å²) in [5.74, 6) is -0.240. The van der Waals surface area contributed by atoms with Crippen LogP contribution in [0, 0.1) is 18.3 Å². The number of ether oxygens (including phenoxy) is 1. The van der Waals surface area contributed by atoms with Crippen LogP contribution in [0.3, 0.4) is 0 Å². The van der Waals surface area contributed by atoms with Gasteiger partial charge in [-0.25, -0.2) is 0 Å². The summed E-state index contributed by atoms with van der Waals surface area (Å²) < 4.78 is 4.60. The Balaban J connectivity index is 2.95. The highest BCUT2D eigenvalue weighted by molar-refractivity contribution is 5.69. The summed E-state index contributed by atoms with van der Waals surface area (Å²) in [6.45, 7) is 3.81. The fourth-order valence-corrected chi connectivity index (χ4v) is 1.65. The minimum atomic E-state index is -0.240. The Labute approximate surface area is 101 Å². The molecule has 1 aromatic heterocycles. The molecule has 4 nitrogen and oxygen atoms in total. The minimum absolute atomic E-state index is 0.240. The number of hydrogen-bond acceptors (Lipinski definition) is 4. The van der Waals surface area contributed by atoms with Gasteiger partial charge in [-0.05, 0) is 25.0 Å². The molecule has 0 saturated carbocycles. The van der Waals surface area contributed by atoms with Gasteiger partial charge in [-0.2, -0.15) is 5.26 Å². The van der Waals surface area contributed by atoms with Gasteiger partial charge in [0.05, 0.1) is 24.8 Å². The lowest BCUT2D eigenvalue weighted by atomic mass is 10.0. The number of aryl methyl sites for hydroxylation is 3. The van der Waals surface area contributed by atoms with Gasteiger partial charge in [0.15, 0.2) is 0 Å². The van der Waals surface area contributed by atoms with Gasteiger partial charge in [-0.15, -0.1) is 0 Å². The van der Waals surface area contributed by atoms with Gasteiger partial charge in [0, 0.05) is 12.1 Å². The van der Waals surface area contributed by atoms with Crippen LogP contribution in [0.1, 0.15) is 35.9 Å². The van der Waals surface area contributed by atoms with Crippen LogP contribution in [0.4, 0.5) is 0 Å². The summed E-state index contributed by atoms with van der Waals surface area (Å²) >= 11 is 0. The highest BCUT2D eigenvalue weighted by atomic mass is 16.5. The molecule has 90 valence electrons. The number of methoxy groups -OCH3 is 1.